The van der Waals surface area contributed by atoms with Gasteiger partial charge in [0.1, 0.15) is 11.8 Å². The van der Waals surface area contributed by atoms with Crippen molar-refractivity contribution >= 4 is 28.9 Å². The molecule has 1 unspecified atom stereocenters. The number of benzene rings is 2. The van der Waals surface area contributed by atoms with Crippen LogP contribution in [0.4, 0.5) is 5.69 Å². The summed E-state index contributed by atoms with van der Waals surface area (Å²) in [6.07, 6.45) is 2.20. The largest absolute Gasteiger partial charge is 0.467 e. The van der Waals surface area contributed by atoms with Crippen LogP contribution in [0.3, 0.4) is 0 Å². The fourth-order valence-electron chi connectivity index (χ4n) is 4.34. The first-order valence-corrected chi connectivity index (χ1v) is 11.9. The zero-order chi connectivity index (χ0) is 23.3. The summed E-state index contributed by atoms with van der Waals surface area (Å²) >= 11 is 6.04. The van der Waals surface area contributed by atoms with Crippen LogP contribution in [-0.2, 0) is 16.1 Å². The number of para-hydroxylation sites is 1. The molecule has 2 aliphatic heterocycles. The number of hydrazone groups is 1. The maximum atomic E-state index is 13.3. The molecule has 8 heteroatoms. The smallest absolute Gasteiger partial charge is 0.262 e. The first-order valence-electron chi connectivity index (χ1n) is 11.5. The van der Waals surface area contributed by atoms with Crippen LogP contribution in [0.1, 0.15) is 29.3 Å². The van der Waals surface area contributed by atoms with E-state index in [1.807, 2.05) is 54.6 Å². The van der Waals surface area contributed by atoms with Crippen molar-refractivity contribution in [2.75, 3.05) is 38.2 Å². The first kappa shape index (κ1) is 22.7. The molecule has 0 spiro atoms. The van der Waals surface area contributed by atoms with Crippen LogP contribution < -0.4 is 5.32 Å². The summed E-state index contributed by atoms with van der Waals surface area (Å²) in [6.45, 7) is 4.28. The van der Waals surface area contributed by atoms with Crippen LogP contribution in [0.2, 0.25) is 5.02 Å². The van der Waals surface area contributed by atoms with E-state index in [0.717, 1.165) is 55.4 Å². The number of ether oxygens (including phenoxy) is 1. The Morgan fingerprint density at radius 1 is 1.06 bits per heavy atom. The van der Waals surface area contributed by atoms with Crippen molar-refractivity contribution in [3.8, 4) is 0 Å². The zero-order valence-electron chi connectivity index (χ0n) is 18.8. The zero-order valence-corrected chi connectivity index (χ0v) is 19.6. The van der Waals surface area contributed by atoms with Crippen LogP contribution in [0.15, 0.2) is 76.4 Å². The standard InChI is InChI=1S/C26H27ClN4O3/c27-21-9-7-19(8-10-21)23-16-24(25-6-3-13-34-25)31(29-23)26(32)17-28-22-5-2-1-4-20(22)18-30-11-14-33-15-12-30/h1-10,13,24,28H,11-12,14-18H2. The predicted octanol–water partition coefficient (Wildman–Crippen LogP) is 4.56. The lowest BCUT2D eigenvalue weighted by Crippen LogP contribution is -2.36. The topological polar surface area (TPSA) is 70.3 Å². The quantitative estimate of drug-likeness (QED) is 0.539. The first-order chi connectivity index (χ1) is 16.7. The highest BCUT2D eigenvalue weighted by Crippen LogP contribution is 2.33. The lowest BCUT2D eigenvalue weighted by atomic mass is 10.0. The third kappa shape index (κ3) is 5.17. The Kier molecular flexibility index (Phi) is 6.94. The summed E-state index contributed by atoms with van der Waals surface area (Å²) in [7, 11) is 0. The van der Waals surface area contributed by atoms with Crippen molar-refractivity contribution in [1.82, 2.24) is 9.91 Å². The van der Waals surface area contributed by atoms with Crippen LogP contribution in [-0.4, -0.2) is 54.4 Å². The van der Waals surface area contributed by atoms with Crippen LogP contribution >= 0.6 is 11.6 Å². The third-order valence-electron chi connectivity index (χ3n) is 6.16. The predicted molar refractivity (Wildman–Crippen MR) is 132 cm³/mol. The molecular formula is C26H27ClN4O3. The molecule has 1 aromatic heterocycles. The highest BCUT2D eigenvalue weighted by molar-refractivity contribution is 6.30. The minimum atomic E-state index is -0.279. The second-order valence-electron chi connectivity index (χ2n) is 8.43. The number of rotatable bonds is 7. The minimum absolute atomic E-state index is 0.119. The molecule has 0 radical (unpaired) electrons. The second kappa shape index (κ2) is 10.4. The van der Waals surface area contributed by atoms with E-state index in [2.05, 4.69) is 21.4 Å². The van der Waals surface area contributed by atoms with Crippen molar-refractivity contribution < 1.29 is 13.9 Å². The van der Waals surface area contributed by atoms with Crippen molar-refractivity contribution in [3.63, 3.8) is 0 Å². The minimum Gasteiger partial charge on any atom is -0.467 e. The number of nitrogens with one attached hydrogen (secondary N) is 1. The Morgan fingerprint density at radius 3 is 2.62 bits per heavy atom. The number of hydrogen-bond donors (Lipinski definition) is 1. The Morgan fingerprint density at radius 2 is 1.85 bits per heavy atom. The van der Waals surface area contributed by atoms with Crippen molar-refractivity contribution in [3.05, 3.63) is 88.8 Å². The Balaban J connectivity index is 1.31. The number of hydrogen-bond acceptors (Lipinski definition) is 6. The van der Waals surface area contributed by atoms with Crippen LogP contribution in [0, 0.1) is 0 Å². The van der Waals surface area contributed by atoms with Gasteiger partial charge >= 0.3 is 0 Å². The monoisotopic (exact) mass is 478 g/mol. The number of amides is 1. The van der Waals surface area contributed by atoms with E-state index >= 15 is 0 Å². The van der Waals surface area contributed by atoms with Gasteiger partial charge in [-0.3, -0.25) is 9.69 Å². The average Bonchev–Trinajstić information content (AvgIpc) is 3.55. The van der Waals surface area contributed by atoms with E-state index in [-0.39, 0.29) is 18.5 Å². The van der Waals surface area contributed by atoms with Crippen LogP contribution in [0.5, 0.6) is 0 Å². The SMILES string of the molecule is O=C(CNc1ccccc1CN1CCOCC1)N1N=C(c2ccc(Cl)cc2)CC1c1ccco1. The average molecular weight is 479 g/mol. The summed E-state index contributed by atoms with van der Waals surface area (Å²) in [4.78, 5) is 15.7. The third-order valence-corrected chi connectivity index (χ3v) is 6.41. The van der Waals surface area contributed by atoms with Gasteiger partial charge in [-0.05, 0) is 41.5 Å². The molecule has 3 heterocycles. The van der Waals surface area contributed by atoms with Crippen molar-refractivity contribution in [1.29, 1.82) is 0 Å². The van der Waals surface area contributed by atoms with Gasteiger partial charge in [-0.25, -0.2) is 5.01 Å². The van der Waals surface area contributed by atoms with E-state index in [4.69, 9.17) is 20.8 Å². The molecule has 0 saturated carbocycles. The second-order valence-corrected chi connectivity index (χ2v) is 8.86. The van der Waals surface area contributed by atoms with E-state index in [1.165, 1.54) is 0 Å². The Labute approximate surface area is 203 Å². The molecule has 1 fully saturated rings. The summed E-state index contributed by atoms with van der Waals surface area (Å²) in [5.74, 6) is 0.598. The van der Waals surface area contributed by atoms with Gasteiger partial charge in [0, 0.05) is 36.8 Å². The van der Waals surface area contributed by atoms with Crippen molar-refractivity contribution in [2.24, 2.45) is 5.10 Å². The van der Waals surface area contributed by atoms with Gasteiger partial charge in [0.15, 0.2) is 0 Å². The molecule has 7 nitrogen and oxygen atoms in total. The number of carbonyl (C=O) groups is 1. The normalized spacial score (nSPS) is 18.7. The fraction of sp³-hybridized carbons (Fsp3) is 0.308. The number of morpholine rings is 1. The van der Waals surface area contributed by atoms with Crippen molar-refractivity contribution in [2.45, 2.75) is 19.0 Å². The van der Waals surface area contributed by atoms with Gasteiger partial charge in [-0.2, -0.15) is 5.10 Å². The van der Waals surface area contributed by atoms with E-state index in [0.29, 0.717) is 17.2 Å². The molecule has 2 aliphatic rings. The van der Waals surface area contributed by atoms with Gasteiger partial charge in [-0.15, -0.1) is 0 Å². The lowest BCUT2D eigenvalue weighted by Gasteiger charge is -2.27. The van der Waals surface area contributed by atoms with E-state index in [1.54, 1.807) is 11.3 Å². The maximum Gasteiger partial charge on any atom is 0.262 e. The molecule has 34 heavy (non-hydrogen) atoms. The number of anilines is 1. The van der Waals surface area contributed by atoms with Crippen LogP contribution in [0.25, 0.3) is 0 Å². The molecular weight excluding hydrogens is 452 g/mol. The molecule has 1 amide bonds. The Bertz CT molecular complexity index is 1140. The summed E-state index contributed by atoms with van der Waals surface area (Å²) in [5.41, 5.74) is 3.89. The highest BCUT2D eigenvalue weighted by atomic mass is 35.5. The summed E-state index contributed by atoms with van der Waals surface area (Å²) < 4.78 is 11.1. The van der Waals surface area contributed by atoms with Gasteiger partial charge in [0.05, 0.1) is 31.7 Å². The molecule has 1 N–H and O–H groups in total. The van der Waals surface area contributed by atoms with Gasteiger partial charge in [0.25, 0.3) is 5.91 Å². The number of carbonyl (C=O) groups excluding carboxylic acids is 1. The molecule has 1 saturated heterocycles. The van der Waals surface area contributed by atoms with Gasteiger partial charge in [0.2, 0.25) is 0 Å². The molecule has 5 rings (SSSR count). The highest BCUT2D eigenvalue weighted by Gasteiger charge is 2.34. The van der Waals surface area contributed by atoms with E-state index < -0.39 is 0 Å². The number of halogens is 1. The summed E-state index contributed by atoms with van der Waals surface area (Å²) in [5, 5.41) is 10.2. The van der Waals surface area contributed by atoms with E-state index in [9.17, 15) is 4.79 Å². The maximum absolute atomic E-state index is 13.3. The molecule has 0 aliphatic carbocycles. The fourth-order valence-corrected chi connectivity index (χ4v) is 4.47. The summed E-state index contributed by atoms with van der Waals surface area (Å²) in [6, 6.07) is 19.1. The molecule has 1 atom stereocenters. The number of nitrogens with zero attached hydrogens (tertiary/aromatic N) is 3. The van der Waals surface area contributed by atoms with Gasteiger partial charge in [-0.1, -0.05) is 41.9 Å². The van der Waals surface area contributed by atoms with Gasteiger partial charge < -0.3 is 14.5 Å². The Hall–Kier alpha value is -3.13. The molecule has 3 aromatic rings. The molecule has 176 valence electrons. The molecule has 0 bridgehead atoms. The lowest BCUT2D eigenvalue weighted by molar-refractivity contribution is -0.131. The number of furan rings is 1. The molecule has 2 aromatic carbocycles.